The lowest BCUT2D eigenvalue weighted by molar-refractivity contribution is 0.261. The molecule has 0 saturated carbocycles. The van der Waals surface area contributed by atoms with Gasteiger partial charge in [-0.2, -0.15) is 4.98 Å². The van der Waals surface area contributed by atoms with E-state index in [1.807, 2.05) is 49.8 Å². The van der Waals surface area contributed by atoms with Gasteiger partial charge in [0.2, 0.25) is 11.7 Å². The summed E-state index contributed by atoms with van der Waals surface area (Å²) in [6, 6.07) is 15.7. The first-order chi connectivity index (χ1) is 12.7. The van der Waals surface area contributed by atoms with Crippen LogP contribution in [-0.2, 0) is 13.1 Å². The smallest absolute Gasteiger partial charge is 0.241 e. The van der Waals surface area contributed by atoms with Gasteiger partial charge in [-0.3, -0.25) is 9.88 Å². The molecule has 0 fully saturated rings. The first-order valence-corrected chi connectivity index (χ1v) is 8.65. The number of hydrogen-bond acceptors (Lipinski definition) is 5. The fourth-order valence-corrected chi connectivity index (χ4v) is 3.07. The van der Waals surface area contributed by atoms with Crippen LogP contribution in [0.25, 0.3) is 22.2 Å². The van der Waals surface area contributed by atoms with Crippen LogP contribution < -0.4 is 0 Å². The van der Waals surface area contributed by atoms with E-state index in [-0.39, 0.29) is 0 Å². The van der Waals surface area contributed by atoms with Gasteiger partial charge in [0, 0.05) is 34.9 Å². The molecule has 130 valence electrons. The molecule has 0 radical (unpaired) electrons. The Kier molecular flexibility index (Phi) is 4.65. The zero-order chi connectivity index (χ0) is 17.9. The molecule has 0 spiro atoms. The lowest BCUT2D eigenvalue weighted by Crippen LogP contribution is -2.17. The van der Waals surface area contributed by atoms with Gasteiger partial charge in [0.05, 0.1) is 6.54 Å². The molecule has 0 N–H and O–H groups in total. The second-order valence-electron chi connectivity index (χ2n) is 6.20. The normalized spacial score (nSPS) is 11.3. The van der Waals surface area contributed by atoms with E-state index >= 15 is 0 Å². The molecule has 0 saturated heterocycles. The first-order valence-electron chi connectivity index (χ1n) is 8.28. The minimum Gasteiger partial charge on any atom is -0.338 e. The van der Waals surface area contributed by atoms with E-state index in [9.17, 15) is 0 Å². The van der Waals surface area contributed by atoms with Gasteiger partial charge in [0.15, 0.2) is 0 Å². The van der Waals surface area contributed by atoms with Crippen LogP contribution >= 0.6 is 11.6 Å². The summed E-state index contributed by atoms with van der Waals surface area (Å²) in [7, 11) is 2.03. The van der Waals surface area contributed by atoms with Crippen LogP contribution in [0.1, 0.15) is 11.5 Å². The predicted molar refractivity (Wildman–Crippen MR) is 102 cm³/mol. The van der Waals surface area contributed by atoms with Crippen molar-refractivity contribution in [2.75, 3.05) is 7.05 Å². The fourth-order valence-electron chi connectivity index (χ4n) is 2.94. The van der Waals surface area contributed by atoms with E-state index in [2.05, 4.69) is 38.2 Å². The van der Waals surface area contributed by atoms with Crippen molar-refractivity contribution in [2.45, 2.75) is 13.1 Å². The molecular weight excluding hydrogens is 348 g/mol. The number of fused-ring (bicyclic) bond motifs is 1. The quantitative estimate of drug-likeness (QED) is 0.519. The highest BCUT2D eigenvalue weighted by atomic mass is 35.5. The van der Waals surface area contributed by atoms with Gasteiger partial charge in [-0.25, -0.2) is 0 Å². The van der Waals surface area contributed by atoms with Gasteiger partial charge in [-0.15, -0.1) is 0 Å². The SMILES string of the molecule is CN(Cc1nc(-c2ccc(Cl)cc2)no1)Cc1cccc2cnccc12. The maximum absolute atomic E-state index is 5.92. The Bertz CT molecular complexity index is 1020. The van der Waals surface area contributed by atoms with Crippen molar-refractivity contribution in [3.05, 3.63) is 77.4 Å². The summed E-state index contributed by atoms with van der Waals surface area (Å²) in [5.74, 6) is 1.15. The molecule has 26 heavy (non-hydrogen) atoms. The van der Waals surface area contributed by atoms with Crippen molar-refractivity contribution in [3.63, 3.8) is 0 Å². The summed E-state index contributed by atoms with van der Waals surface area (Å²) in [6.45, 7) is 1.35. The minimum absolute atomic E-state index is 0.571. The van der Waals surface area contributed by atoms with Crippen LogP contribution in [-0.4, -0.2) is 27.1 Å². The summed E-state index contributed by atoms with van der Waals surface area (Å²) in [5.41, 5.74) is 2.12. The highest BCUT2D eigenvalue weighted by molar-refractivity contribution is 6.30. The number of aromatic nitrogens is 3. The van der Waals surface area contributed by atoms with Gasteiger partial charge in [-0.05, 0) is 48.3 Å². The van der Waals surface area contributed by atoms with Gasteiger partial charge in [0.25, 0.3) is 0 Å². The Hall–Kier alpha value is -2.76. The predicted octanol–water partition coefficient (Wildman–Crippen LogP) is 4.57. The third-order valence-corrected chi connectivity index (χ3v) is 4.44. The molecule has 0 aliphatic carbocycles. The van der Waals surface area contributed by atoms with Crippen LogP contribution in [0.2, 0.25) is 5.02 Å². The standard InChI is InChI=1S/C20H17ClN4O/c1-25(12-16-4-2-3-15-11-22-10-9-18(15)16)13-19-23-20(24-26-19)14-5-7-17(21)8-6-14/h2-11H,12-13H2,1H3. The van der Waals surface area contributed by atoms with E-state index in [1.165, 1.54) is 10.9 Å². The monoisotopic (exact) mass is 364 g/mol. The lowest BCUT2D eigenvalue weighted by atomic mass is 10.1. The average Bonchev–Trinajstić information content (AvgIpc) is 3.11. The molecule has 0 aliphatic heterocycles. The third kappa shape index (κ3) is 3.59. The molecule has 4 aromatic rings. The van der Waals surface area contributed by atoms with Crippen molar-refractivity contribution in [3.8, 4) is 11.4 Å². The van der Waals surface area contributed by atoms with Crippen molar-refractivity contribution >= 4 is 22.4 Å². The number of pyridine rings is 1. The second-order valence-corrected chi connectivity index (χ2v) is 6.64. The summed E-state index contributed by atoms with van der Waals surface area (Å²) in [4.78, 5) is 10.8. The Labute approximate surface area is 156 Å². The minimum atomic E-state index is 0.571. The number of rotatable bonds is 5. The van der Waals surface area contributed by atoms with Crippen LogP contribution in [0.15, 0.2) is 65.4 Å². The molecule has 2 heterocycles. The molecule has 0 amide bonds. The average molecular weight is 365 g/mol. The summed E-state index contributed by atoms with van der Waals surface area (Å²) in [5, 5.41) is 7.09. The number of hydrogen-bond donors (Lipinski definition) is 0. The molecule has 2 aromatic carbocycles. The lowest BCUT2D eigenvalue weighted by Gasteiger charge is -2.15. The van der Waals surface area contributed by atoms with Gasteiger partial charge in [0.1, 0.15) is 0 Å². The Balaban J connectivity index is 1.48. The Morgan fingerprint density at radius 2 is 1.88 bits per heavy atom. The zero-order valence-electron chi connectivity index (χ0n) is 14.3. The molecule has 0 atom stereocenters. The molecule has 0 bridgehead atoms. The highest BCUT2D eigenvalue weighted by Crippen LogP contribution is 2.21. The fraction of sp³-hybridized carbons (Fsp3) is 0.150. The van der Waals surface area contributed by atoms with E-state index in [0.29, 0.717) is 23.3 Å². The van der Waals surface area contributed by atoms with Crippen LogP contribution in [0.4, 0.5) is 0 Å². The van der Waals surface area contributed by atoms with Crippen molar-refractivity contribution in [2.24, 2.45) is 0 Å². The second kappa shape index (κ2) is 7.23. The molecular formula is C20H17ClN4O. The summed E-state index contributed by atoms with van der Waals surface area (Å²) in [6.07, 6.45) is 3.71. The van der Waals surface area contributed by atoms with Crippen molar-refractivity contribution in [1.82, 2.24) is 20.0 Å². The van der Waals surface area contributed by atoms with E-state index in [1.54, 1.807) is 0 Å². The Morgan fingerprint density at radius 3 is 2.73 bits per heavy atom. The first kappa shape index (κ1) is 16.7. The van der Waals surface area contributed by atoms with Crippen molar-refractivity contribution < 1.29 is 4.52 Å². The highest BCUT2D eigenvalue weighted by Gasteiger charge is 2.12. The van der Waals surface area contributed by atoms with Gasteiger partial charge >= 0.3 is 0 Å². The molecule has 5 nitrogen and oxygen atoms in total. The van der Waals surface area contributed by atoms with Crippen molar-refractivity contribution in [1.29, 1.82) is 0 Å². The summed E-state index contributed by atoms with van der Waals surface area (Å²) >= 11 is 5.92. The van der Waals surface area contributed by atoms with E-state index in [0.717, 1.165) is 17.5 Å². The molecule has 0 unspecified atom stereocenters. The van der Waals surface area contributed by atoms with Crippen LogP contribution in [0.3, 0.4) is 0 Å². The molecule has 6 heteroatoms. The maximum Gasteiger partial charge on any atom is 0.241 e. The van der Waals surface area contributed by atoms with E-state index < -0.39 is 0 Å². The van der Waals surface area contributed by atoms with Crippen LogP contribution in [0, 0.1) is 0 Å². The maximum atomic E-state index is 5.92. The van der Waals surface area contributed by atoms with Crippen LogP contribution in [0.5, 0.6) is 0 Å². The largest absolute Gasteiger partial charge is 0.338 e. The topological polar surface area (TPSA) is 55.1 Å². The zero-order valence-corrected chi connectivity index (χ0v) is 15.0. The van der Waals surface area contributed by atoms with Gasteiger partial charge < -0.3 is 4.52 Å². The number of halogens is 1. The molecule has 4 rings (SSSR count). The van der Waals surface area contributed by atoms with Gasteiger partial charge in [-0.1, -0.05) is 35.0 Å². The number of nitrogens with zero attached hydrogens (tertiary/aromatic N) is 4. The molecule has 2 aromatic heterocycles. The van der Waals surface area contributed by atoms with E-state index in [4.69, 9.17) is 16.1 Å². The summed E-state index contributed by atoms with van der Waals surface area (Å²) < 4.78 is 5.40. The third-order valence-electron chi connectivity index (χ3n) is 4.19. The molecule has 0 aliphatic rings. The number of benzene rings is 2. The Morgan fingerprint density at radius 1 is 1.04 bits per heavy atom.